The molecule has 0 bridgehead atoms. The summed E-state index contributed by atoms with van der Waals surface area (Å²) in [5.74, 6) is 0.181. The number of fused-ring (bicyclic) bond motifs is 1. The van der Waals surface area contributed by atoms with Crippen LogP contribution in [0.3, 0.4) is 0 Å². The van der Waals surface area contributed by atoms with Crippen LogP contribution < -0.4 is 0 Å². The second-order valence-electron chi connectivity index (χ2n) is 8.54. The maximum Gasteiger partial charge on any atom is 0.245 e. The maximum absolute atomic E-state index is 13.4. The lowest BCUT2D eigenvalue weighted by Gasteiger charge is -2.34. The van der Waals surface area contributed by atoms with Gasteiger partial charge in [-0.15, -0.1) is 0 Å². The van der Waals surface area contributed by atoms with Crippen LogP contribution >= 0.6 is 11.6 Å². The molecule has 32 heavy (non-hydrogen) atoms. The second-order valence-corrected chi connectivity index (χ2v) is 10.9. The summed E-state index contributed by atoms with van der Waals surface area (Å²) >= 11 is 6.29. The van der Waals surface area contributed by atoms with Gasteiger partial charge in [0, 0.05) is 48.7 Å². The Hall–Kier alpha value is -2.48. The number of pyridine rings is 1. The van der Waals surface area contributed by atoms with Crippen molar-refractivity contribution in [3.63, 3.8) is 0 Å². The van der Waals surface area contributed by atoms with Crippen molar-refractivity contribution in [1.29, 1.82) is 0 Å². The van der Waals surface area contributed by atoms with Crippen LogP contribution in [0.15, 0.2) is 59.6 Å². The summed E-state index contributed by atoms with van der Waals surface area (Å²) in [6, 6.07) is 14.8. The lowest BCUT2D eigenvalue weighted by Crippen LogP contribution is -2.51. The molecule has 2 aliphatic rings. The molecule has 6 nitrogen and oxygen atoms in total. The number of rotatable bonds is 4. The van der Waals surface area contributed by atoms with Crippen molar-refractivity contribution in [2.75, 3.05) is 26.2 Å². The molecule has 2 fully saturated rings. The van der Waals surface area contributed by atoms with Crippen LogP contribution in [-0.2, 0) is 14.8 Å². The topological polar surface area (TPSA) is 70.6 Å². The highest BCUT2D eigenvalue weighted by molar-refractivity contribution is 7.89. The highest BCUT2D eigenvalue weighted by atomic mass is 35.5. The third-order valence-corrected chi connectivity index (χ3v) is 8.67. The van der Waals surface area contributed by atoms with E-state index in [4.69, 9.17) is 11.6 Å². The lowest BCUT2D eigenvalue weighted by atomic mass is 10.1. The molecule has 2 unspecified atom stereocenters. The number of benzene rings is 2. The first kappa shape index (κ1) is 21.4. The number of para-hydroxylation sites is 1. The van der Waals surface area contributed by atoms with Crippen LogP contribution in [0.5, 0.6) is 0 Å². The molecule has 0 N–H and O–H groups in total. The minimum Gasteiger partial charge on any atom is -0.340 e. The Kier molecular flexibility index (Phi) is 5.43. The summed E-state index contributed by atoms with van der Waals surface area (Å²) < 4.78 is 28.2. The van der Waals surface area contributed by atoms with Crippen LogP contribution in [0, 0.1) is 12.8 Å². The normalized spacial score (nSPS) is 21.6. The van der Waals surface area contributed by atoms with Crippen molar-refractivity contribution < 1.29 is 13.2 Å². The smallest absolute Gasteiger partial charge is 0.245 e. The summed E-state index contributed by atoms with van der Waals surface area (Å²) in [6.07, 6.45) is 2.48. The number of hydrogen-bond acceptors (Lipinski definition) is 4. The van der Waals surface area contributed by atoms with Crippen LogP contribution in [-0.4, -0.2) is 54.7 Å². The van der Waals surface area contributed by atoms with E-state index in [0.717, 1.165) is 22.9 Å². The summed E-state index contributed by atoms with van der Waals surface area (Å²) in [5.41, 5.74) is 2.49. The van der Waals surface area contributed by atoms with E-state index >= 15 is 0 Å². The molecule has 2 heterocycles. The van der Waals surface area contributed by atoms with Gasteiger partial charge in [-0.05, 0) is 48.6 Å². The average Bonchev–Trinajstić information content (AvgIpc) is 3.59. The maximum atomic E-state index is 13.4. The Morgan fingerprint density at radius 1 is 1.06 bits per heavy atom. The number of amides is 1. The lowest BCUT2D eigenvalue weighted by molar-refractivity contribution is -0.133. The van der Waals surface area contributed by atoms with Gasteiger partial charge in [0.25, 0.3) is 0 Å². The molecule has 5 rings (SSSR count). The van der Waals surface area contributed by atoms with E-state index in [9.17, 15) is 13.2 Å². The molecule has 1 saturated carbocycles. The molecule has 2 atom stereocenters. The van der Waals surface area contributed by atoms with Crippen molar-refractivity contribution in [3.8, 4) is 0 Å². The van der Waals surface area contributed by atoms with Crippen molar-refractivity contribution >= 4 is 38.4 Å². The number of carbonyl (C=O) groups is 1. The zero-order valence-electron chi connectivity index (χ0n) is 17.7. The summed E-state index contributed by atoms with van der Waals surface area (Å²) in [7, 11) is -3.70. The van der Waals surface area contributed by atoms with Gasteiger partial charge in [-0.2, -0.15) is 4.31 Å². The minimum atomic E-state index is -3.70. The molecule has 1 aliphatic carbocycles. The van der Waals surface area contributed by atoms with Crippen molar-refractivity contribution in [2.45, 2.75) is 24.2 Å². The van der Waals surface area contributed by atoms with E-state index in [1.54, 1.807) is 23.2 Å². The van der Waals surface area contributed by atoms with Gasteiger partial charge in [-0.3, -0.25) is 9.78 Å². The van der Waals surface area contributed by atoms with Crippen molar-refractivity contribution in [1.82, 2.24) is 14.2 Å². The molecule has 3 aromatic rings. The number of nitrogens with zero attached hydrogens (tertiary/aromatic N) is 3. The molecule has 1 amide bonds. The number of halogens is 1. The zero-order valence-corrected chi connectivity index (χ0v) is 19.3. The van der Waals surface area contributed by atoms with Gasteiger partial charge in [0.15, 0.2) is 0 Å². The molecule has 2 aromatic carbocycles. The molecule has 1 saturated heterocycles. The molecular formula is C24H24ClN3O3S. The first-order valence-electron chi connectivity index (χ1n) is 10.7. The fourth-order valence-electron chi connectivity index (χ4n) is 4.56. The Morgan fingerprint density at radius 3 is 2.56 bits per heavy atom. The molecular weight excluding hydrogens is 446 g/mol. The van der Waals surface area contributed by atoms with E-state index in [0.29, 0.717) is 23.6 Å². The molecule has 1 aromatic heterocycles. The number of sulfonamides is 1. The fourth-order valence-corrected chi connectivity index (χ4v) is 6.42. The Morgan fingerprint density at radius 2 is 1.81 bits per heavy atom. The number of carbonyl (C=O) groups excluding carboxylic acids is 1. The average molecular weight is 470 g/mol. The van der Waals surface area contributed by atoms with Gasteiger partial charge in [-0.1, -0.05) is 41.9 Å². The number of aryl methyl sites for hydroxylation is 1. The van der Waals surface area contributed by atoms with Gasteiger partial charge in [0.2, 0.25) is 15.9 Å². The molecule has 0 spiro atoms. The van der Waals surface area contributed by atoms with Crippen LogP contribution in [0.1, 0.15) is 23.5 Å². The molecule has 1 aliphatic heterocycles. The Labute approximate surface area is 192 Å². The highest BCUT2D eigenvalue weighted by Crippen LogP contribution is 2.50. The first-order chi connectivity index (χ1) is 15.4. The zero-order chi connectivity index (χ0) is 22.5. The quantitative estimate of drug-likeness (QED) is 0.582. The predicted octanol–water partition coefficient (Wildman–Crippen LogP) is 3.83. The van der Waals surface area contributed by atoms with Crippen LogP contribution in [0.25, 0.3) is 10.9 Å². The SMILES string of the molecule is Cc1cnc2c(S(=O)(=O)N3CCN(C(=O)C4CC4c4ccccc4Cl)CC3)cccc2c1. The largest absolute Gasteiger partial charge is 0.340 e. The van der Waals surface area contributed by atoms with E-state index in [1.165, 1.54) is 4.31 Å². The second kappa shape index (κ2) is 8.14. The highest BCUT2D eigenvalue weighted by Gasteiger charge is 2.47. The molecule has 8 heteroatoms. The summed E-state index contributed by atoms with van der Waals surface area (Å²) in [4.78, 5) is 19.4. The third-order valence-electron chi connectivity index (χ3n) is 6.39. The van der Waals surface area contributed by atoms with Gasteiger partial charge in [-0.25, -0.2) is 8.42 Å². The first-order valence-corrected chi connectivity index (χ1v) is 12.6. The van der Waals surface area contributed by atoms with Gasteiger partial charge < -0.3 is 4.90 Å². The van der Waals surface area contributed by atoms with Crippen molar-refractivity contribution in [3.05, 3.63) is 70.9 Å². The summed E-state index contributed by atoms with van der Waals surface area (Å²) in [5, 5.41) is 1.50. The Balaban J connectivity index is 1.28. The van der Waals surface area contributed by atoms with E-state index in [2.05, 4.69) is 4.98 Å². The van der Waals surface area contributed by atoms with Gasteiger partial charge in [0.05, 0.1) is 5.52 Å². The Bertz CT molecular complexity index is 1300. The monoisotopic (exact) mass is 469 g/mol. The van der Waals surface area contributed by atoms with Crippen LogP contribution in [0.4, 0.5) is 0 Å². The minimum absolute atomic E-state index is 0.0661. The number of aromatic nitrogens is 1. The number of hydrogen-bond donors (Lipinski definition) is 0. The molecule has 166 valence electrons. The van der Waals surface area contributed by atoms with Crippen LogP contribution in [0.2, 0.25) is 5.02 Å². The van der Waals surface area contributed by atoms with Gasteiger partial charge >= 0.3 is 0 Å². The predicted molar refractivity (Wildman–Crippen MR) is 124 cm³/mol. The number of piperazine rings is 1. The fraction of sp³-hybridized carbons (Fsp3) is 0.333. The molecule has 0 radical (unpaired) electrons. The van der Waals surface area contributed by atoms with Crippen molar-refractivity contribution in [2.24, 2.45) is 5.92 Å². The van der Waals surface area contributed by atoms with E-state index < -0.39 is 10.0 Å². The van der Waals surface area contributed by atoms with Gasteiger partial charge in [0.1, 0.15) is 4.90 Å². The third kappa shape index (κ3) is 3.78. The standard InChI is InChI=1S/C24H24ClN3O3S/c1-16-13-17-5-4-8-22(23(17)26-15-16)32(30,31)28-11-9-27(10-12-28)24(29)20-14-19(20)18-6-2-3-7-21(18)25/h2-8,13,15,19-20H,9-12,14H2,1H3. The summed E-state index contributed by atoms with van der Waals surface area (Å²) in [6.45, 7) is 3.27. The van der Waals surface area contributed by atoms with E-state index in [1.807, 2.05) is 43.3 Å². The van der Waals surface area contributed by atoms with E-state index in [-0.39, 0.29) is 35.7 Å².